The second-order valence-corrected chi connectivity index (χ2v) is 5.29. The Kier molecular flexibility index (Phi) is 2.97. The van der Waals surface area contributed by atoms with Crippen LogP contribution in [0, 0.1) is 3.57 Å². The minimum absolute atomic E-state index is 0.409. The lowest BCUT2D eigenvalue weighted by Gasteiger charge is -2.00. The summed E-state index contributed by atoms with van der Waals surface area (Å²) in [6.45, 7) is 0. The summed E-state index contributed by atoms with van der Waals surface area (Å²) in [5, 5.41) is 3.96. The predicted octanol–water partition coefficient (Wildman–Crippen LogP) is 2.32. The van der Waals surface area contributed by atoms with Gasteiger partial charge in [0.15, 0.2) is 0 Å². The molecule has 1 aromatic carbocycles. The largest absolute Gasteiger partial charge is 0.398 e. The molecule has 2 heterocycles. The van der Waals surface area contributed by atoms with Crippen LogP contribution in [0.4, 0.5) is 5.69 Å². The van der Waals surface area contributed by atoms with Crippen LogP contribution in [0.25, 0.3) is 23.0 Å². The smallest absolute Gasteiger partial charge is 0.260 e. The SMILES string of the molecule is Cn1cncc1-c1noc(-c2cc(I)ccc2N)n1. The maximum atomic E-state index is 5.93. The van der Waals surface area contributed by atoms with Crippen molar-refractivity contribution < 1.29 is 4.52 Å². The van der Waals surface area contributed by atoms with E-state index in [0.717, 1.165) is 14.8 Å². The van der Waals surface area contributed by atoms with Gasteiger partial charge in [0.25, 0.3) is 5.89 Å². The normalized spacial score (nSPS) is 10.8. The maximum absolute atomic E-state index is 5.93. The van der Waals surface area contributed by atoms with E-state index < -0.39 is 0 Å². The zero-order valence-corrected chi connectivity index (χ0v) is 12.2. The highest BCUT2D eigenvalue weighted by atomic mass is 127. The van der Waals surface area contributed by atoms with Gasteiger partial charge < -0.3 is 14.8 Å². The topological polar surface area (TPSA) is 82.8 Å². The van der Waals surface area contributed by atoms with Gasteiger partial charge in [-0.25, -0.2) is 4.98 Å². The third-order valence-corrected chi connectivity index (χ3v) is 3.39. The first kappa shape index (κ1) is 12.2. The molecule has 0 saturated carbocycles. The summed E-state index contributed by atoms with van der Waals surface area (Å²) in [6, 6.07) is 5.67. The van der Waals surface area contributed by atoms with Gasteiger partial charge in [0.2, 0.25) is 5.82 Å². The zero-order chi connectivity index (χ0) is 13.4. The predicted molar refractivity (Wildman–Crippen MR) is 79.1 cm³/mol. The molecular formula is C12H10IN5O. The van der Waals surface area contributed by atoms with Gasteiger partial charge in [-0.05, 0) is 40.8 Å². The Balaban J connectivity index is 2.06. The summed E-state index contributed by atoms with van der Waals surface area (Å²) in [4.78, 5) is 8.39. The molecule has 3 rings (SSSR count). The molecule has 19 heavy (non-hydrogen) atoms. The van der Waals surface area contributed by atoms with Crippen molar-refractivity contribution in [3.8, 4) is 23.0 Å². The number of aromatic nitrogens is 4. The lowest BCUT2D eigenvalue weighted by molar-refractivity contribution is 0.432. The second kappa shape index (κ2) is 4.65. The minimum Gasteiger partial charge on any atom is -0.398 e. The number of rotatable bonds is 2. The van der Waals surface area contributed by atoms with E-state index in [2.05, 4.69) is 37.7 Å². The van der Waals surface area contributed by atoms with Crippen molar-refractivity contribution in [2.45, 2.75) is 0 Å². The Hall–Kier alpha value is -1.90. The highest BCUT2D eigenvalue weighted by Crippen LogP contribution is 2.27. The number of anilines is 1. The van der Waals surface area contributed by atoms with Crippen LogP contribution < -0.4 is 5.73 Å². The van der Waals surface area contributed by atoms with Crippen LogP contribution >= 0.6 is 22.6 Å². The summed E-state index contributed by atoms with van der Waals surface area (Å²) >= 11 is 2.21. The molecule has 0 aliphatic carbocycles. The van der Waals surface area contributed by atoms with Crippen LogP contribution in [0.1, 0.15) is 0 Å². The van der Waals surface area contributed by atoms with Crippen molar-refractivity contribution in [3.05, 3.63) is 34.3 Å². The number of benzene rings is 1. The monoisotopic (exact) mass is 367 g/mol. The van der Waals surface area contributed by atoms with Crippen LogP contribution in [0.2, 0.25) is 0 Å². The van der Waals surface area contributed by atoms with Gasteiger partial charge in [-0.1, -0.05) is 5.16 Å². The fraction of sp³-hybridized carbons (Fsp3) is 0.0833. The Labute approximate surface area is 122 Å². The van der Waals surface area contributed by atoms with E-state index in [-0.39, 0.29) is 0 Å². The Bertz CT molecular complexity index is 733. The van der Waals surface area contributed by atoms with E-state index in [1.54, 1.807) is 12.5 Å². The molecular weight excluding hydrogens is 357 g/mol. The van der Waals surface area contributed by atoms with E-state index in [4.69, 9.17) is 10.3 Å². The number of nitrogens with zero attached hydrogens (tertiary/aromatic N) is 4. The van der Waals surface area contributed by atoms with Gasteiger partial charge in [-0.2, -0.15) is 4.98 Å². The van der Waals surface area contributed by atoms with Crippen molar-refractivity contribution in [1.82, 2.24) is 19.7 Å². The highest BCUT2D eigenvalue weighted by Gasteiger charge is 2.15. The third kappa shape index (κ3) is 2.21. The molecule has 96 valence electrons. The molecule has 0 fully saturated rings. The van der Waals surface area contributed by atoms with E-state index in [1.807, 2.05) is 29.8 Å². The van der Waals surface area contributed by atoms with Crippen LogP contribution in [0.3, 0.4) is 0 Å². The molecule has 0 unspecified atom stereocenters. The maximum Gasteiger partial charge on any atom is 0.260 e. The molecule has 0 bridgehead atoms. The van der Waals surface area contributed by atoms with Gasteiger partial charge in [0.1, 0.15) is 5.69 Å². The van der Waals surface area contributed by atoms with Crippen molar-refractivity contribution >= 4 is 28.3 Å². The number of nitrogens with two attached hydrogens (primary N) is 1. The van der Waals surface area contributed by atoms with Gasteiger partial charge >= 0.3 is 0 Å². The second-order valence-electron chi connectivity index (χ2n) is 4.04. The fourth-order valence-corrected chi connectivity index (χ4v) is 2.21. The van der Waals surface area contributed by atoms with E-state index in [9.17, 15) is 0 Å². The molecule has 0 amide bonds. The molecule has 7 heteroatoms. The van der Waals surface area contributed by atoms with Gasteiger partial charge in [-0.3, -0.25) is 0 Å². The number of halogens is 1. The molecule has 0 aliphatic heterocycles. The molecule has 2 aromatic heterocycles. The number of aryl methyl sites for hydroxylation is 1. The Morgan fingerprint density at radius 2 is 2.21 bits per heavy atom. The molecule has 0 spiro atoms. The Morgan fingerprint density at radius 3 is 2.95 bits per heavy atom. The first-order valence-corrected chi connectivity index (χ1v) is 6.59. The minimum atomic E-state index is 0.409. The number of nitrogen functional groups attached to an aromatic ring is 1. The summed E-state index contributed by atoms with van der Waals surface area (Å²) in [5.74, 6) is 0.903. The molecule has 2 N–H and O–H groups in total. The molecule has 0 aliphatic rings. The zero-order valence-electron chi connectivity index (χ0n) is 10.0. The Morgan fingerprint density at radius 1 is 1.37 bits per heavy atom. The van der Waals surface area contributed by atoms with Gasteiger partial charge in [-0.15, -0.1) is 0 Å². The number of hydrogen-bond acceptors (Lipinski definition) is 5. The van der Waals surface area contributed by atoms with E-state index in [0.29, 0.717) is 17.4 Å². The molecule has 6 nitrogen and oxygen atoms in total. The summed E-state index contributed by atoms with van der Waals surface area (Å²) in [5.41, 5.74) is 8.08. The first-order chi connectivity index (χ1) is 9.15. The average molecular weight is 367 g/mol. The van der Waals surface area contributed by atoms with E-state index in [1.165, 1.54) is 0 Å². The van der Waals surface area contributed by atoms with Gasteiger partial charge in [0, 0.05) is 16.3 Å². The van der Waals surface area contributed by atoms with Crippen molar-refractivity contribution in [2.75, 3.05) is 5.73 Å². The van der Waals surface area contributed by atoms with Crippen molar-refractivity contribution in [3.63, 3.8) is 0 Å². The first-order valence-electron chi connectivity index (χ1n) is 5.51. The lowest BCUT2D eigenvalue weighted by atomic mass is 10.2. The van der Waals surface area contributed by atoms with Crippen molar-refractivity contribution in [2.24, 2.45) is 7.05 Å². The summed E-state index contributed by atoms with van der Waals surface area (Å²) < 4.78 is 8.16. The summed E-state index contributed by atoms with van der Waals surface area (Å²) in [7, 11) is 1.87. The molecule has 0 saturated heterocycles. The molecule has 3 aromatic rings. The highest BCUT2D eigenvalue weighted by molar-refractivity contribution is 14.1. The molecule has 0 atom stereocenters. The number of hydrogen-bond donors (Lipinski definition) is 1. The van der Waals surface area contributed by atoms with Crippen LogP contribution in [0.5, 0.6) is 0 Å². The fourth-order valence-electron chi connectivity index (χ4n) is 1.72. The lowest BCUT2D eigenvalue weighted by Crippen LogP contribution is -1.92. The molecule has 0 radical (unpaired) electrons. The third-order valence-electron chi connectivity index (χ3n) is 2.72. The van der Waals surface area contributed by atoms with Crippen molar-refractivity contribution in [1.29, 1.82) is 0 Å². The quantitative estimate of drug-likeness (QED) is 0.555. The average Bonchev–Trinajstić information content (AvgIpc) is 3.00. The van der Waals surface area contributed by atoms with E-state index >= 15 is 0 Å². The summed E-state index contributed by atoms with van der Waals surface area (Å²) in [6.07, 6.45) is 3.37. The van der Waals surface area contributed by atoms with Crippen LogP contribution in [-0.4, -0.2) is 19.7 Å². The standard InChI is InChI=1S/C12H10IN5O/c1-18-6-15-5-10(18)11-16-12(19-17-11)8-4-7(13)2-3-9(8)14/h2-6H,14H2,1H3. The van der Waals surface area contributed by atoms with Crippen LogP contribution in [0.15, 0.2) is 35.2 Å². The van der Waals surface area contributed by atoms with Gasteiger partial charge in [0.05, 0.1) is 18.1 Å². The van der Waals surface area contributed by atoms with Crippen LogP contribution in [-0.2, 0) is 7.05 Å². The number of imidazole rings is 1.